The van der Waals surface area contributed by atoms with E-state index in [1.807, 2.05) is 38.1 Å². The van der Waals surface area contributed by atoms with Crippen molar-refractivity contribution in [3.8, 4) is 11.8 Å². The summed E-state index contributed by atoms with van der Waals surface area (Å²) in [5, 5.41) is 11.5. The Morgan fingerprint density at radius 1 is 1.14 bits per heavy atom. The van der Waals surface area contributed by atoms with Gasteiger partial charge in [-0.15, -0.1) is 0 Å². The molecule has 1 N–H and O–H groups in total. The van der Waals surface area contributed by atoms with Gasteiger partial charge in [0, 0.05) is 5.69 Å². The van der Waals surface area contributed by atoms with Crippen LogP contribution >= 0.6 is 0 Å². The minimum atomic E-state index is -0.115. The first-order chi connectivity index (χ1) is 10.6. The quantitative estimate of drug-likeness (QED) is 0.916. The van der Waals surface area contributed by atoms with Crippen molar-refractivity contribution >= 4 is 11.6 Å². The number of para-hydroxylation sites is 1. The number of hydrogen-bond donors (Lipinski definition) is 1. The zero-order valence-electron chi connectivity index (χ0n) is 12.7. The Hall–Kier alpha value is -2.80. The highest BCUT2D eigenvalue weighted by Crippen LogP contribution is 2.22. The van der Waals surface area contributed by atoms with Gasteiger partial charge in [0.1, 0.15) is 5.75 Å². The lowest BCUT2D eigenvalue weighted by molar-refractivity contribution is -0.116. The molecule has 0 radical (unpaired) electrons. The fourth-order valence-corrected chi connectivity index (χ4v) is 2.12. The molecule has 0 aromatic heterocycles. The molecular formula is C18H18N2O2. The maximum atomic E-state index is 11.9. The Morgan fingerprint density at radius 3 is 2.36 bits per heavy atom. The van der Waals surface area contributed by atoms with E-state index in [1.165, 1.54) is 0 Å². The Kier molecular flexibility index (Phi) is 5.16. The van der Waals surface area contributed by atoms with Gasteiger partial charge >= 0.3 is 0 Å². The van der Waals surface area contributed by atoms with Crippen LogP contribution in [0.3, 0.4) is 0 Å². The van der Waals surface area contributed by atoms with Crippen LogP contribution in [0.4, 0.5) is 5.69 Å². The molecule has 1 amide bonds. The van der Waals surface area contributed by atoms with Crippen molar-refractivity contribution in [2.75, 3.05) is 11.9 Å². The van der Waals surface area contributed by atoms with Gasteiger partial charge in [-0.3, -0.25) is 4.79 Å². The molecule has 0 unspecified atom stereocenters. The summed E-state index contributed by atoms with van der Waals surface area (Å²) in [7, 11) is 0. The molecule has 0 aliphatic rings. The summed E-state index contributed by atoms with van der Waals surface area (Å²) in [6.07, 6.45) is 0.272. The van der Waals surface area contributed by atoms with Gasteiger partial charge < -0.3 is 10.1 Å². The van der Waals surface area contributed by atoms with Crippen molar-refractivity contribution in [1.29, 1.82) is 5.26 Å². The summed E-state index contributed by atoms with van der Waals surface area (Å²) in [6.45, 7) is 4.30. The van der Waals surface area contributed by atoms with Crippen molar-refractivity contribution in [3.63, 3.8) is 0 Å². The van der Waals surface area contributed by atoms with Gasteiger partial charge in [0.15, 0.2) is 0 Å². The summed E-state index contributed by atoms with van der Waals surface area (Å²) in [5.41, 5.74) is 3.37. The number of hydrogen-bond acceptors (Lipinski definition) is 3. The zero-order valence-corrected chi connectivity index (χ0v) is 12.7. The fourth-order valence-electron chi connectivity index (χ4n) is 2.12. The molecule has 0 atom stereocenters. The zero-order chi connectivity index (χ0) is 15.9. The van der Waals surface area contributed by atoms with Gasteiger partial charge in [-0.25, -0.2) is 0 Å². The van der Waals surface area contributed by atoms with E-state index in [1.54, 1.807) is 24.3 Å². The van der Waals surface area contributed by atoms with Gasteiger partial charge in [0.25, 0.3) is 0 Å². The fraction of sp³-hybridized carbons (Fsp3) is 0.222. The third-order valence-electron chi connectivity index (χ3n) is 3.28. The van der Waals surface area contributed by atoms with Crippen molar-refractivity contribution in [1.82, 2.24) is 0 Å². The van der Waals surface area contributed by atoms with Gasteiger partial charge in [0.05, 0.1) is 24.7 Å². The molecule has 0 fully saturated rings. The van der Waals surface area contributed by atoms with Gasteiger partial charge in [-0.05, 0) is 49.2 Å². The van der Waals surface area contributed by atoms with Crippen LogP contribution in [0.5, 0.6) is 5.75 Å². The van der Waals surface area contributed by atoms with Gasteiger partial charge in [0.2, 0.25) is 5.91 Å². The molecule has 0 spiro atoms. The second-order valence-corrected chi connectivity index (χ2v) is 5.06. The number of nitrogens with zero attached hydrogens (tertiary/aromatic N) is 1. The molecule has 2 aromatic rings. The second-order valence-electron chi connectivity index (χ2n) is 5.06. The molecule has 0 saturated heterocycles. The first-order valence-corrected chi connectivity index (χ1v) is 7.09. The topological polar surface area (TPSA) is 62.1 Å². The monoisotopic (exact) mass is 294 g/mol. The van der Waals surface area contributed by atoms with Gasteiger partial charge in [-0.2, -0.15) is 5.26 Å². The van der Waals surface area contributed by atoms with Crippen molar-refractivity contribution in [2.24, 2.45) is 0 Å². The number of amides is 1. The molecule has 0 saturated carbocycles. The van der Waals surface area contributed by atoms with E-state index in [2.05, 4.69) is 5.32 Å². The van der Waals surface area contributed by atoms with Crippen molar-refractivity contribution in [2.45, 2.75) is 20.3 Å². The second kappa shape index (κ2) is 7.28. The number of benzene rings is 2. The van der Waals surface area contributed by atoms with E-state index in [4.69, 9.17) is 10.00 Å². The summed E-state index contributed by atoms with van der Waals surface area (Å²) in [5.74, 6) is 0.726. The number of rotatable bonds is 5. The minimum Gasteiger partial charge on any atom is -0.493 e. The van der Waals surface area contributed by atoms with Crippen LogP contribution in [-0.4, -0.2) is 12.5 Å². The Labute approximate surface area is 130 Å². The number of nitrogens with one attached hydrogen (secondary N) is 1. The number of ether oxygens (including phenoxy) is 1. The Balaban J connectivity index is 1.84. The highest BCUT2D eigenvalue weighted by Gasteiger charge is 2.06. The molecule has 0 aliphatic heterocycles. The van der Waals surface area contributed by atoms with Crippen LogP contribution in [0.25, 0.3) is 0 Å². The van der Waals surface area contributed by atoms with E-state index >= 15 is 0 Å². The minimum absolute atomic E-state index is 0.115. The lowest BCUT2D eigenvalue weighted by atomic mass is 10.1. The third-order valence-corrected chi connectivity index (χ3v) is 3.28. The van der Waals surface area contributed by atoms with E-state index in [0.717, 1.165) is 16.9 Å². The Morgan fingerprint density at radius 2 is 1.77 bits per heavy atom. The van der Waals surface area contributed by atoms with E-state index in [0.29, 0.717) is 17.9 Å². The summed E-state index contributed by atoms with van der Waals surface area (Å²) in [4.78, 5) is 11.9. The highest BCUT2D eigenvalue weighted by molar-refractivity contribution is 5.90. The molecule has 0 bridgehead atoms. The number of anilines is 1. The number of carbonyl (C=O) groups is 1. The molecule has 22 heavy (non-hydrogen) atoms. The third kappa shape index (κ3) is 4.10. The largest absolute Gasteiger partial charge is 0.493 e. The Bertz CT molecular complexity index is 680. The molecule has 0 heterocycles. The molecule has 112 valence electrons. The maximum Gasteiger partial charge on any atom is 0.227 e. The van der Waals surface area contributed by atoms with E-state index in [-0.39, 0.29) is 12.3 Å². The molecular weight excluding hydrogens is 276 g/mol. The first-order valence-electron chi connectivity index (χ1n) is 7.09. The summed E-state index contributed by atoms with van der Waals surface area (Å²) in [6, 6.07) is 14.8. The molecule has 4 heteroatoms. The predicted molar refractivity (Wildman–Crippen MR) is 85.8 cm³/mol. The van der Waals surface area contributed by atoms with Crippen LogP contribution < -0.4 is 10.1 Å². The normalized spacial score (nSPS) is 9.86. The van der Waals surface area contributed by atoms with Crippen LogP contribution in [0.1, 0.15) is 23.1 Å². The van der Waals surface area contributed by atoms with Crippen LogP contribution in [-0.2, 0) is 4.79 Å². The number of nitriles is 1. The SMILES string of the molecule is Cc1cccc(C)c1OCCC(=O)Nc1ccc(C#N)cc1. The van der Waals surface area contributed by atoms with Crippen LogP contribution in [0.2, 0.25) is 0 Å². The lowest BCUT2D eigenvalue weighted by Crippen LogP contribution is -2.15. The van der Waals surface area contributed by atoms with Gasteiger partial charge in [-0.1, -0.05) is 18.2 Å². The van der Waals surface area contributed by atoms with Crippen LogP contribution in [0, 0.1) is 25.2 Å². The average molecular weight is 294 g/mol. The lowest BCUT2D eigenvalue weighted by Gasteiger charge is -2.12. The highest BCUT2D eigenvalue weighted by atomic mass is 16.5. The smallest absolute Gasteiger partial charge is 0.227 e. The van der Waals surface area contributed by atoms with E-state index in [9.17, 15) is 4.79 Å². The predicted octanol–water partition coefficient (Wildman–Crippen LogP) is 3.58. The molecule has 2 aromatic carbocycles. The number of aryl methyl sites for hydroxylation is 2. The number of carbonyl (C=O) groups excluding carboxylic acids is 1. The molecule has 2 rings (SSSR count). The summed E-state index contributed by atoms with van der Waals surface area (Å²) >= 11 is 0. The first kappa shape index (κ1) is 15.6. The molecule has 0 aliphatic carbocycles. The van der Waals surface area contributed by atoms with Crippen LogP contribution in [0.15, 0.2) is 42.5 Å². The standard InChI is InChI=1S/C18H18N2O2/c1-13-4-3-5-14(2)18(13)22-11-10-17(21)20-16-8-6-15(12-19)7-9-16/h3-9H,10-11H2,1-2H3,(H,20,21). The van der Waals surface area contributed by atoms with Crippen molar-refractivity contribution in [3.05, 3.63) is 59.2 Å². The van der Waals surface area contributed by atoms with E-state index < -0.39 is 0 Å². The molecule has 4 nitrogen and oxygen atoms in total. The van der Waals surface area contributed by atoms with Crippen molar-refractivity contribution < 1.29 is 9.53 Å². The maximum absolute atomic E-state index is 11.9. The summed E-state index contributed by atoms with van der Waals surface area (Å²) < 4.78 is 5.71. The average Bonchev–Trinajstić information content (AvgIpc) is 2.51.